The first-order valence-electron chi connectivity index (χ1n) is 9.18. The standard InChI is InChI=1S/C23H25ClN2O/c1-23(2,3)14-21(27)26(15-17-9-5-4-6-10-17)16-19-13-18-11-7-8-12-20(18)25-22(19)24/h4-13H,14-16H2,1-3H3. The van der Waals surface area contributed by atoms with E-state index in [1.807, 2.05) is 65.6 Å². The number of rotatable bonds is 5. The fourth-order valence-corrected chi connectivity index (χ4v) is 3.26. The molecule has 0 fully saturated rings. The Morgan fingerprint density at radius 1 is 1.00 bits per heavy atom. The number of pyridine rings is 1. The molecule has 3 rings (SSSR count). The van der Waals surface area contributed by atoms with Gasteiger partial charge in [0.2, 0.25) is 5.91 Å². The van der Waals surface area contributed by atoms with E-state index in [0.717, 1.165) is 22.0 Å². The average Bonchev–Trinajstić information content (AvgIpc) is 2.61. The lowest BCUT2D eigenvalue weighted by Crippen LogP contribution is -2.33. The molecule has 0 radical (unpaired) electrons. The van der Waals surface area contributed by atoms with Crippen LogP contribution in [-0.4, -0.2) is 15.8 Å². The van der Waals surface area contributed by atoms with Crippen LogP contribution in [0.2, 0.25) is 5.15 Å². The van der Waals surface area contributed by atoms with Crippen molar-refractivity contribution in [2.45, 2.75) is 40.3 Å². The minimum Gasteiger partial charge on any atom is -0.334 e. The Bertz CT molecular complexity index is 932. The minimum atomic E-state index is -0.0720. The van der Waals surface area contributed by atoms with Crippen LogP contribution in [0.5, 0.6) is 0 Å². The Kier molecular flexibility index (Phi) is 5.81. The van der Waals surface area contributed by atoms with Gasteiger partial charge in [-0.25, -0.2) is 4.98 Å². The third kappa shape index (κ3) is 5.30. The molecule has 27 heavy (non-hydrogen) atoms. The quantitative estimate of drug-likeness (QED) is 0.520. The lowest BCUT2D eigenvalue weighted by atomic mass is 9.91. The molecule has 0 aliphatic carbocycles. The number of benzene rings is 2. The molecule has 0 spiro atoms. The summed E-state index contributed by atoms with van der Waals surface area (Å²) in [7, 11) is 0. The predicted molar refractivity (Wildman–Crippen MR) is 112 cm³/mol. The van der Waals surface area contributed by atoms with Crippen LogP contribution >= 0.6 is 11.6 Å². The summed E-state index contributed by atoms with van der Waals surface area (Å²) in [6, 6.07) is 20.0. The van der Waals surface area contributed by atoms with E-state index in [2.05, 4.69) is 25.8 Å². The molecular formula is C23H25ClN2O. The van der Waals surface area contributed by atoms with Crippen molar-refractivity contribution in [3.63, 3.8) is 0 Å². The molecule has 0 atom stereocenters. The van der Waals surface area contributed by atoms with Crippen LogP contribution in [0.15, 0.2) is 60.7 Å². The molecule has 1 amide bonds. The van der Waals surface area contributed by atoms with Gasteiger partial charge in [0.15, 0.2) is 0 Å². The van der Waals surface area contributed by atoms with Crippen molar-refractivity contribution in [1.29, 1.82) is 0 Å². The zero-order valence-corrected chi connectivity index (χ0v) is 16.8. The summed E-state index contributed by atoms with van der Waals surface area (Å²) in [4.78, 5) is 19.4. The van der Waals surface area contributed by atoms with Gasteiger partial charge in [0.05, 0.1) is 5.52 Å². The molecule has 0 bridgehead atoms. The average molecular weight is 381 g/mol. The Labute approximate surface area is 166 Å². The zero-order chi connectivity index (χ0) is 19.4. The van der Waals surface area contributed by atoms with Crippen LogP contribution in [-0.2, 0) is 17.9 Å². The number of aromatic nitrogens is 1. The summed E-state index contributed by atoms with van der Waals surface area (Å²) in [5.41, 5.74) is 2.76. The fraction of sp³-hybridized carbons (Fsp3) is 0.304. The number of para-hydroxylation sites is 1. The van der Waals surface area contributed by atoms with Crippen molar-refractivity contribution < 1.29 is 4.79 Å². The van der Waals surface area contributed by atoms with Gasteiger partial charge in [-0.1, -0.05) is 80.9 Å². The predicted octanol–water partition coefficient (Wildman–Crippen LogP) is 5.85. The van der Waals surface area contributed by atoms with Gasteiger partial charge in [0.25, 0.3) is 0 Å². The van der Waals surface area contributed by atoms with E-state index in [4.69, 9.17) is 11.6 Å². The number of amides is 1. The summed E-state index contributed by atoms with van der Waals surface area (Å²) in [6.07, 6.45) is 0.485. The van der Waals surface area contributed by atoms with Crippen molar-refractivity contribution >= 4 is 28.4 Å². The molecular weight excluding hydrogens is 356 g/mol. The molecule has 0 aliphatic heterocycles. The SMILES string of the molecule is CC(C)(C)CC(=O)N(Cc1ccccc1)Cc1cc2ccccc2nc1Cl. The molecule has 140 valence electrons. The van der Waals surface area contributed by atoms with Crippen LogP contribution in [0.1, 0.15) is 38.3 Å². The number of halogens is 1. The van der Waals surface area contributed by atoms with Crippen LogP contribution in [0.3, 0.4) is 0 Å². The van der Waals surface area contributed by atoms with Gasteiger partial charge in [0, 0.05) is 30.5 Å². The van der Waals surface area contributed by atoms with Gasteiger partial charge in [-0.3, -0.25) is 4.79 Å². The monoisotopic (exact) mass is 380 g/mol. The number of nitrogens with zero attached hydrogens (tertiary/aromatic N) is 2. The second-order valence-corrected chi connectivity index (χ2v) is 8.46. The van der Waals surface area contributed by atoms with Gasteiger partial charge < -0.3 is 4.90 Å². The minimum absolute atomic E-state index is 0.0720. The van der Waals surface area contributed by atoms with Crippen LogP contribution in [0.25, 0.3) is 10.9 Å². The van der Waals surface area contributed by atoms with E-state index < -0.39 is 0 Å². The van der Waals surface area contributed by atoms with Crippen molar-refractivity contribution in [2.75, 3.05) is 0 Å². The summed E-state index contributed by atoms with van der Waals surface area (Å²) in [5.74, 6) is 0.121. The zero-order valence-electron chi connectivity index (χ0n) is 16.1. The number of hydrogen-bond donors (Lipinski definition) is 0. The van der Waals surface area contributed by atoms with E-state index in [1.165, 1.54) is 0 Å². The molecule has 0 saturated carbocycles. The first kappa shape index (κ1) is 19.4. The van der Waals surface area contributed by atoms with E-state index >= 15 is 0 Å². The molecule has 1 aromatic heterocycles. The number of carbonyl (C=O) groups is 1. The maximum atomic E-state index is 13.0. The molecule has 3 aromatic rings. The largest absolute Gasteiger partial charge is 0.334 e. The molecule has 3 nitrogen and oxygen atoms in total. The summed E-state index contributed by atoms with van der Waals surface area (Å²) >= 11 is 6.44. The number of fused-ring (bicyclic) bond motifs is 1. The molecule has 0 unspecified atom stereocenters. The fourth-order valence-electron chi connectivity index (χ4n) is 3.05. The molecule has 2 aromatic carbocycles. The summed E-state index contributed by atoms with van der Waals surface area (Å²) in [6.45, 7) is 7.24. The first-order chi connectivity index (χ1) is 12.8. The molecule has 4 heteroatoms. The highest BCUT2D eigenvalue weighted by atomic mass is 35.5. The van der Waals surface area contributed by atoms with Crippen LogP contribution in [0, 0.1) is 5.41 Å². The van der Waals surface area contributed by atoms with E-state index in [9.17, 15) is 4.79 Å². The first-order valence-corrected chi connectivity index (χ1v) is 9.55. The normalized spacial score (nSPS) is 11.6. The van der Waals surface area contributed by atoms with Gasteiger partial charge in [-0.15, -0.1) is 0 Å². The van der Waals surface area contributed by atoms with Gasteiger partial charge in [0.1, 0.15) is 5.15 Å². The maximum Gasteiger partial charge on any atom is 0.223 e. The van der Waals surface area contributed by atoms with Crippen molar-refractivity contribution in [2.24, 2.45) is 5.41 Å². The van der Waals surface area contributed by atoms with Crippen molar-refractivity contribution in [3.8, 4) is 0 Å². The topological polar surface area (TPSA) is 33.2 Å². The van der Waals surface area contributed by atoms with Crippen LogP contribution in [0.4, 0.5) is 0 Å². The second kappa shape index (κ2) is 8.10. The van der Waals surface area contributed by atoms with E-state index in [1.54, 1.807) is 0 Å². The van der Waals surface area contributed by atoms with E-state index in [-0.39, 0.29) is 11.3 Å². The van der Waals surface area contributed by atoms with Gasteiger partial charge in [-0.05, 0) is 23.1 Å². The molecule has 1 heterocycles. The molecule has 0 N–H and O–H groups in total. The van der Waals surface area contributed by atoms with Crippen molar-refractivity contribution in [3.05, 3.63) is 76.9 Å². The van der Waals surface area contributed by atoms with Crippen molar-refractivity contribution in [1.82, 2.24) is 9.88 Å². The highest BCUT2D eigenvalue weighted by Crippen LogP contribution is 2.25. The number of carbonyl (C=O) groups excluding carboxylic acids is 1. The Hall–Kier alpha value is -2.39. The molecule has 0 aliphatic rings. The second-order valence-electron chi connectivity index (χ2n) is 8.10. The van der Waals surface area contributed by atoms with Crippen LogP contribution < -0.4 is 0 Å². The lowest BCUT2D eigenvalue weighted by Gasteiger charge is -2.27. The maximum absolute atomic E-state index is 13.0. The third-order valence-electron chi connectivity index (χ3n) is 4.36. The smallest absolute Gasteiger partial charge is 0.223 e. The van der Waals surface area contributed by atoms with Gasteiger partial charge in [-0.2, -0.15) is 0 Å². The third-order valence-corrected chi connectivity index (χ3v) is 4.69. The summed E-state index contributed by atoms with van der Waals surface area (Å²) < 4.78 is 0. The Morgan fingerprint density at radius 3 is 2.37 bits per heavy atom. The Morgan fingerprint density at radius 2 is 1.67 bits per heavy atom. The highest BCUT2D eigenvalue weighted by Gasteiger charge is 2.22. The van der Waals surface area contributed by atoms with E-state index in [0.29, 0.717) is 24.7 Å². The highest BCUT2D eigenvalue weighted by molar-refractivity contribution is 6.30. The Balaban J connectivity index is 1.90. The van der Waals surface area contributed by atoms with Gasteiger partial charge >= 0.3 is 0 Å². The molecule has 0 saturated heterocycles. The lowest BCUT2D eigenvalue weighted by molar-refractivity contribution is -0.134. The summed E-state index contributed by atoms with van der Waals surface area (Å²) in [5, 5.41) is 1.48. The number of hydrogen-bond acceptors (Lipinski definition) is 2.